The average Bonchev–Trinajstić information content (AvgIpc) is 2.97. The van der Waals surface area contributed by atoms with Crippen LogP contribution in [0.2, 0.25) is 0 Å². The minimum absolute atomic E-state index is 0.205. The highest BCUT2D eigenvalue weighted by Crippen LogP contribution is 2.32. The van der Waals surface area contributed by atoms with Crippen molar-refractivity contribution in [2.75, 3.05) is 39.4 Å². The molecule has 1 aliphatic carbocycles. The van der Waals surface area contributed by atoms with Crippen LogP contribution in [0.3, 0.4) is 0 Å². The number of hydrogen-bond donors (Lipinski definition) is 4. The van der Waals surface area contributed by atoms with Gasteiger partial charge in [0.15, 0.2) is 35.2 Å². The highest BCUT2D eigenvalue weighted by Gasteiger charge is 2.25. The summed E-state index contributed by atoms with van der Waals surface area (Å²) in [5, 5.41) is 11.7. The molecule has 2 aromatic rings. The smallest absolute Gasteiger partial charge is 0.314 e. The van der Waals surface area contributed by atoms with E-state index in [1.54, 1.807) is 0 Å². The van der Waals surface area contributed by atoms with Gasteiger partial charge < -0.3 is 40.2 Å². The van der Waals surface area contributed by atoms with Gasteiger partial charge in [0.05, 0.1) is 13.1 Å². The Balaban J connectivity index is 0.944. The van der Waals surface area contributed by atoms with Gasteiger partial charge in [-0.05, 0) is 55.4 Å². The van der Waals surface area contributed by atoms with E-state index in [0.29, 0.717) is 62.7 Å². The number of carbonyl (C=O) groups excluding carboxylic acids is 2. The Labute approximate surface area is 222 Å². The van der Waals surface area contributed by atoms with Crippen LogP contribution in [0, 0.1) is 11.8 Å². The molecule has 0 unspecified atom stereocenters. The van der Waals surface area contributed by atoms with Gasteiger partial charge in [-0.1, -0.05) is 30.7 Å². The highest BCUT2D eigenvalue weighted by atomic mass is 16.6. The van der Waals surface area contributed by atoms with Crippen LogP contribution >= 0.6 is 0 Å². The van der Waals surface area contributed by atoms with E-state index in [0.717, 1.165) is 37.2 Å². The minimum atomic E-state index is -0.222. The Morgan fingerprint density at radius 2 is 1.05 bits per heavy atom. The number of rotatable bonds is 8. The van der Waals surface area contributed by atoms with Gasteiger partial charge >= 0.3 is 12.1 Å². The van der Waals surface area contributed by atoms with Crippen molar-refractivity contribution in [1.29, 1.82) is 0 Å². The summed E-state index contributed by atoms with van der Waals surface area (Å²) in [5.74, 6) is 3.63. The molecule has 2 aliphatic heterocycles. The fraction of sp³-hybridized carbons (Fsp3) is 0.500. The summed E-state index contributed by atoms with van der Waals surface area (Å²) in [5.41, 5.74) is 0. The fourth-order valence-corrected chi connectivity index (χ4v) is 5.11. The van der Waals surface area contributed by atoms with Crippen molar-refractivity contribution in [2.24, 2.45) is 11.8 Å². The molecule has 2 heterocycles. The van der Waals surface area contributed by atoms with E-state index < -0.39 is 0 Å². The van der Waals surface area contributed by atoms with Crippen molar-refractivity contribution in [1.82, 2.24) is 21.3 Å². The van der Waals surface area contributed by atoms with Crippen LogP contribution in [0.15, 0.2) is 48.5 Å². The maximum absolute atomic E-state index is 12.3. The first-order valence-corrected chi connectivity index (χ1v) is 13.4. The number of amides is 4. The summed E-state index contributed by atoms with van der Waals surface area (Å²) >= 11 is 0. The Hall–Kier alpha value is -3.82. The molecule has 0 bridgehead atoms. The molecule has 1 fully saturated rings. The van der Waals surface area contributed by atoms with Crippen molar-refractivity contribution < 1.29 is 28.5 Å². The molecular formula is C28H36N4O6. The van der Waals surface area contributed by atoms with Crippen LogP contribution in [0.1, 0.15) is 25.7 Å². The number of hydrogen-bond acceptors (Lipinski definition) is 6. The second-order valence-electron chi connectivity index (χ2n) is 10.1. The number of nitrogens with one attached hydrogen (secondary N) is 4. The molecule has 204 valence electrons. The second-order valence-corrected chi connectivity index (χ2v) is 10.1. The molecule has 0 aromatic heterocycles. The van der Waals surface area contributed by atoms with Crippen molar-refractivity contribution in [3.05, 3.63) is 48.5 Å². The van der Waals surface area contributed by atoms with Gasteiger partial charge in [0.1, 0.15) is 13.2 Å². The zero-order valence-electron chi connectivity index (χ0n) is 21.4. The lowest BCUT2D eigenvalue weighted by atomic mass is 9.81. The van der Waals surface area contributed by atoms with Crippen LogP contribution in [0.5, 0.6) is 23.0 Å². The first-order valence-electron chi connectivity index (χ1n) is 13.4. The maximum atomic E-state index is 12.3. The van der Waals surface area contributed by atoms with Crippen molar-refractivity contribution in [2.45, 2.75) is 37.9 Å². The van der Waals surface area contributed by atoms with Crippen molar-refractivity contribution >= 4 is 12.1 Å². The number of urea groups is 2. The molecule has 4 atom stereocenters. The first-order chi connectivity index (χ1) is 18.6. The quantitative estimate of drug-likeness (QED) is 0.422. The number of fused-ring (bicyclic) bond motifs is 2. The average molecular weight is 525 g/mol. The van der Waals surface area contributed by atoms with Gasteiger partial charge in [-0.25, -0.2) is 9.59 Å². The highest BCUT2D eigenvalue weighted by molar-refractivity contribution is 5.74. The maximum Gasteiger partial charge on any atom is 0.314 e. The molecule has 2 aromatic carbocycles. The van der Waals surface area contributed by atoms with Crippen LogP contribution in [0.25, 0.3) is 0 Å². The van der Waals surface area contributed by atoms with E-state index in [4.69, 9.17) is 18.9 Å². The molecule has 3 aliphatic rings. The number of carbonyl (C=O) groups is 2. The molecule has 0 spiro atoms. The van der Waals surface area contributed by atoms with Crippen LogP contribution in [0.4, 0.5) is 9.59 Å². The standard InChI is InChI=1S/C28H36N4O6/c33-27(31-15-21-17-35-23-8-1-3-10-25(23)37-21)29-13-19-6-5-7-20(12-19)14-30-28(34)32-16-22-18-36-24-9-2-4-11-26(24)38-22/h1-4,8-11,19-22H,5-7,12-18H2,(H2,29,31,33)(H2,30,32,34)/t19-,20+,21-,22+. The van der Waals surface area contributed by atoms with Crippen LogP contribution in [-0.2, 0) is 0 Å². The Morgan fingerprint density at radius 3 is 1.53 bits per heavy atom. The zero-order valence-corrected chi connectivity index (χ0v) is 21.4. The lowest BCUT2D eigenvalue weighted by Gasteiger charge is -2.30. The molecule has 10 nitrogen and oxygen atoms in total. The molecule has 1 saturated carbocycles. The molecule has 5 rings (SSSR count). The molecule has 0 radical (unpaired) electrons. The lowest BCUT2D eigenvalue weighted by molar-refractivity contribution is 0.0916. The monoisotopic (exact) mass is 524 g/mol. The minimum Gasteiger partial charge on any atom is -0.486 e. The predicted octanol–water partition coefficient (Wildman–Crippen LogP) is 3.07. The Bertz CT molecular complexity index is 1020. The largest absolute Gasteiger partial charge is 0.486 e. The lowest BCUT2D eigenvalue weighted by Crippen LogP contribution is -2.46. The van der Waals surface area contributed by atoms with E-state index in [-0.39, 0.29) is 24.3 Å². The summed E-state index contributed by atoms with van der Waals surface area (Å²) < 4.78 is 23.1. The molecule has 4 amide bonds. The molecule has 38 heavy (non-hydrogen) atoms. The third-order valence-corrected chi connectivity index (χ3v) is 7.11. The predicted molar refractivity (Wildman–Crippen MR) is 141 cm³/mol. The Kier molecular flexibility index (Phi) is 8.57. The first kappa shape index (κ1) is 25.8. The van der Waals surface area contributed by atoms with Gasteiger partial charge in [-0.2, -0.15) is 0 Å². The van der Waals surface area contributed by atoms with Gasteiger partial charge in [0, 0.05) is 13.1 Å². The fourth-order valence-electron chi connectivity index (χ4n) is 5.11. The zero-order chi connectivity index (χ0) is 26.2. The summed E-state index contributed by atoms with van der Waals surface area (Å²) in [6, 6.07) is 14.6. The van der Waals surface area contributed by atoms with E-state index in [9.17, 15) is 9.59 Å². The summed E-state index contributed by atoms with van der Waals surface area (Å²) in [4.78, 5) is 24.7. The van der Waals surface area contributed by atoms with Gasteiger partial charge in [0.2, 0.25) is 0 Å². The topological polar surface area (TPSA) is 119 Å². The number of para-hydroxylation sites is 4. The second kappa shape index (κ2) is 12.6. The SMILES string of the molecule is O=C(NC[C@@H]1CCC[C@H](CNC(=O)NC[C@H]2COc3ccccc3O2)C1)NC[C@@H]1COc2ccccc2O1. The van der Waals surface area contributed by atoms with E-state index in [1.165, 1.54) is 0 Å². The Morgan fingerprint density at radius 1 is 0.632 bits per heavy atom. The van der Waals surface area contributed by atoms with Crippen molar-refractivity contribution in [3.8, 4) is 23.0 Å². The van der Waals surface area contributed by atoms with E-state index in [1.807, 2.05) is 48.5 Å². The summed E-state index contributed by atoms with van der Waals surface area (Å²) in [6.45, 7) is 2.77. The van der Waals surface area contributed by atoms with Crippen LogP contribution in [-0.4, -0.2) is 63.7 Å². The van der Waals surface area contributed by atoms with Crippen LogP contribution < -0.4 is 40.2 Å². The third kappa shape index (κ3) is 7.14. The van der Waals surface area contributed by atoms with Crippen molar-refractivity contribution in [3.63, 3.8) is 0 Å². The summed E-state index contributed by atoms with van der Waals surface area (Å²) in [7, 11) is 0. The number of ether oxygens (including phenoxy) is 4. The molecule has 0 saturated heterocycles. The molecule has 4 N–H and O–H groups in total. The van der Waals surface area contributed by atoms with Gasteiger partial charge in [0.25, 0.3) is 0 Å². The van der Waals surface area contributed by atoms with E-state index >= 15 is 0 Å². The third-order valence-electron chi connectivity index (χ3n) is 7.11. The van der Waals surface area contributed by atoms with E-state index in [2.05, 4.69) is 21.3 Å². The summed E-state index contributed by atoms with van der Waals surface area (Å²) in [6.07, 6.45) is 3.74. The van der Waals surface area contributed by atoms with Gasteiger partial charge in [-0.3, -0.25) is 0 Å². The number of benzene rings is 2. The normalized spacial score (nSPS) is 23.6. The van der Waals surface area contributed by atoms with Gasteiger partial charge in [-0.15, -0.1) is 0 Å². The molecular weight excluding hydrogens is 488 g/mol. The molecule has 10 heteroatoms.